The van der Waals surface area contributed by atoms with Gasteiger partial charge in [-0.15, -0.1) is 0 Å². The summed E-state index contributed by atoms with van der Waals surface area (Å²) in [6.45, 7) is 9.23. The van der Waals surface area contributed by atoms with E-state index in [0.29, 0.717) is 39.4 Å². The van der Waals surface area contributed by atoms with Gasteiger partial charge < -0.3 is 19.5 Å². The highest BCUT2D eigenvalue weighted by molar-refractivity contribution is 6.00. The van der Waals surface area contributed by atoms with Crippen molar-refractivity contribution in [1.29, 1.82) is 0 Å². The van der Waals surface area contributed by atoms with Crippen LogP contribution in [0.5, 0.6) is 5.75 Å². The van der Waals surface area contributed by atoms with E-state index >= 15 is 0 Å². The highest BCUT2D eigenvalue weighted by atomic mass is 16.5. The molecule has 0 saturated carbocycles. The fourth-order valence-electron chi connectivity index (χ4n) is 3.98. The number of carbonyl (C=O) groups excluding carboxylic acids is 3. The number of allylic oxidation sites excluding steroid dienone is 2. The Balaban J connectivity index is 1.98. The van der Waals surface area contributed by atoms with Gasteiger partial charge in [-0.05, 0) is 63.9 Å². The Labute approximate surface area is 199 Å². The summed E-state index contributed by atoms with van der Waals surface area (Å²) in [5.41, 5.74) is 3.84. The number of esters is 3. The molecule has 34 heavy (non-hydrogen) atoms. The van der Waals surface area contributed by atoms with E-state index in [0.717, 1.165) is 5.56 Å². The molecule has 0 bridgehead atoms. The number of benzene rings is 2. The molecule has 1 N–H and O–H groups in total. The lowest BCUT2D eigenvalue weighted by molar-refractivity contribution is -0.139. The van der Waals surface area contributed by atoms with Crippen LogP contribution in [0.25, 0.3) is 0 Å². The molecule has 1 heterocycles. The monoisotopic (exact) mass is 463 g/mol. The van der Waals surface area contributed by atoms with Crippen molar-refractivity contribution in [3.05, 3.63) is 87.8 Å². The maximum atomic E-state index is 12.9. The molecule has 0 atom stereocenters. The quantitative estimate of drug-likeness (QED) is 0.475. The van der Waals surface area contributed by atoms with Gasteiger partial charge in [-0.3, -0.25) is 0 Å². The lowest BCUT2D eigenvalue weighted by Gasteiger charge is -2.30. The molecule has 0 unspecified atom stereocenters. The molecule has 0 spiro atoms. The third kappa shape index (κ3) is 5.20. The number of hydrogen-bond donors (Lipinski definition) is 1. The minimum absolute atomic E-state index is 0.202. The number of carbonyl (C=O) groups is 3. The lowest BCUT2D eigenvalue weighted by atomic mass is 9.80. The third-order valence-corrected chi connectivity index (χ3v) is 5.54. The zero-order valence-electron chi connectivity index (χ0n) is 20.1. The molecule has 0 fully saturated rings. The largest absolute Gasteiger partial charge is 0.463 e. The van der Waals surface area contributed by atoms with Crippen molar-refractivity contribution in [3.63, 3.8) is 0 Å². The Morgan fingerprint density at radius 3 is 1.79 bits per heavy atom. The molecule has 0 saturated heterocycles. The van der Waals surface area contributed by atoms with Crippen LogP contribution in [0.15, 0.2) is 71.1 Å². The summed E-state index contributed by atoms with van der Waals surface area (Å²) < 4.78 is 16.1. The average molecular weight is 464 g/mol. The predicted octanol–water partition coefficient (Wildman–Crippen LogP) is 4.58. The average Bonchev–Trinajstić information content (AvgIpc) is 2.79. The van der Waals surface area contributed by atoms with Crippen molar-refractivity contribution in [2.24, 2.45) is 0 Å². The van der Waals surface area contributed by atoms with E-state index in [9.17, 15) is 14.4 Å². The van der Waals surface area contributed by atoms with E-state index < -0.39 is 23.8 Å². The fraction of sp³-hybridized carbons (Fsp3) is 0.296. The zero-order valence-corrected chi connectivity index (χ0v) is 20.1. The van der Waals surface area contributed by atoms with E-state index in [-0.39, 0.29) is 13.2 Å². The number of nitrogens with one attached hydrogen (secondary N) is 1. The minimum Gasteiger partial charge on any atom is -0.463 e. The summed E-state index contributed by atoms with van der Waals surface area (Å²) in [5.74, 6) is -1.83. The van der Waals surface area contributed by atoms with Crippen LogP contribution in [0.3, 0.4) is 0 Å². The van der Waals surface area contributed by atoms with Gasteiger partial charge in [-0.1, -0.05) is 30.3 Å². The molecule has 3 rings (SSSR count). The van der Waals surface area contributed by atoms with Gasteiger partial charge in [-0.2, -0.15) is 0 Å². The van der Waals surface area contributed by atoms with Crippen molar-refractivity contribution in [1.82, 2.24) is 5.32 Å². The van der Waals surface area contributed by atoms with Crippen LogP contribution in [0.1, 0.15) is 55.1 Å². The zero-order chi connectivity index (χ0) is 24.8. The van der Waals surface area contributed by atoms with Crippen molar-refractivity contribution >= 4 is 17.9 Å². The molecule has 0 aromatic heterocycles. The smallest absolute Gasteiger partial charge is 0.343 e. The predicted molar refractivity (Wildman–Crippen MR) is 127 cm³/mol. The number of ether oxygens (including phenoxy) is 3. The van der Waals surface area contributed by atoms with Crippen molar-refractivity contribution in [3.8, 4) is 5.75 Å². The fourth-order valence-corrected chi connectivity index (χ4v) is 3.98. The van der Waals surface area contributed by atoms with Crippen LogP contribution in [-0.4, -0.2) is 31.1 Å². The molecule has 0 aliphatic carbocycles. The summed E-state index contributed by atoms with van der Waals surface area (Å²) in [4.78, 5) is 38.3. The highest BCUT2D eigenvalue weighted by Gasteiger charge is 2.37. The van der Waals surface area contributed by atoms with Gasteiger partial charge >= 0.3 is 17.9 Å². The molecule has 7 heteroatoms. The topological polar surface area (TPSA) is 90.9 Å². The molecule has 2 aromatic carbocycles. The lowest BCUT2D eigenvalue weighted by Crippen LogP contribution is -2.32. The molecule has 1 aliphatic rings. The SMILES string of the molecule is CCOC(=O)C1=C(C)NC(C)=C(C(=O)OCC)C1c1ccc(OC(=O)c2ccccc2C)cc1. The normalized spacial score (nSPS) is 13.9. The van der Waals surface area contributed by atoms with Gasteiger partial charge in [0, 0.05) is 11.4 Å². The Hall–Kier alpha value is -3.87. The van der Waals surface area contributed by atoms with E-state index in [2.05, 4.69) is 5.32 Å². The second kappa shape index (κ2) is 10.8. The first kappa shape index (κ1) is 24.8. The molecule has 0 radical (unpaired) electrons. The van der Waals surface area contributed by atoms with E-state index in [1.165, 1.54) is 0 Å². The number of rotatable bonds is 7. The first-order chi connectivity index (χ1) is 16.3. The van der Waals surface area contributed by atoms with Crippen molar-refractivity contribution < 1.29 is 28.6 Å². The highest BCUT2D eigenvalue weighted by Crippen LogP contribution is 2.39. The molecule has 1 aliphatic heterocycles. The van der Waals surface area contributed by atoms with Gasteiger partial charge in [0.05, 0.1) is 35.8 Å². The molecule has 0 amide bonds. The third-order valence-electron chi connectivity index (χ3n) is 5.54. The van der Waals surface area contributed by atoms with Crippen LogP contribution >= 0.6 is 0 Å². The molecular weight excluding hydrogens is 434 g/mol. The van der Waals surface area contributed by atoms with Crippen molar-refractivity contribution in [2.45, 2.75) is 40.5 Å². The van der Waals surface area contributed by atoms with Gasteiger partial charge in [0.2, 0.25) is 0 Å². The number of aryl methyl sites for hydroxylation is 1. The second-order valence-corrected chi connectivity index (χ2v) is 7.85. The Morgan fingerprint density at radius 1 is 0.765 bits per heavy atom. The van der Waals surface area contributed by atoms with Crippen LogP contribution in [0.2, 0.25) is 0 Å². The maximum Gasteiger partial charge on any atom is 0.343 e. The molecule has 2 aromatic rings. The Kier molecular flexibility index (Phi) is 7.89. The van der Waals surface area contributed by atoms with E-state index in [1.807, 2.05) is 19.1 Å². The first-order valence-electron chi connectivity index (χ1n) is 11.2. The number of hydrogen-bond acceptors (Lipinski definition) is 7. The van der Waals surface area contributed by atoms with Crippen LogP contribution in [-0.2, 0) is 19.1 Å². The Morgan fingerprint density at radius 2 is 1.29 bits per heavy atom. The van der Waals surface area contributed by atoms with Crippen LogP contribution < -0.4 is 10.1 Å². The maximum absolute atomic E-state index is 12.9. The first-order valence-corrected chi connectivity index (χ1v) is 11.2. The van der Waals surface area contributed by atoms with Gasteiger partial charge in [0.1, 0.15) is 5.75 Å². The molecular formula is C27H29NO6. The van der Waals surface area contributed by atoms with Crippen LogP contribution in [0, 0.1) is 6.92 Å². The second-order valence-electron chi connectivity index (χ2n) is 7.85. The van der Waals surface area contributed by atoms with Crippen molar-refractivity contribution in [2.75, 3.05) is 13.2 Å². The van der Waals surface area contributed by atoms with E-state index in [1.54, 1.807) is 64.1 Å². The number of dihydropyridines is 1. The Bertz CT molecular complexity index is 1120. The van der Waals surface area contributed by atoms with Gasteiger partial charge in [0.25, 0.3) is 0 Å². The standard InChI is InChI=1S/C27H29NO6/c1-6-32-26(30)22-17(4)28-18(5)23(27(31)33-7-2)24(22)19-12-14-20(15-13-19)34-25(29)21-11-9-8-10-16(21)3/h8-15,24,28H,6-7H2,1-5H3. The summed E-state index contributed by atoms with van der Waals surface area (Å²) >= 11 is 0. The summed E-state index contributed by atoms with van der Waals surface area (Å²) in [6.07, 6.45) is 0. The van der Waals surface area contributed by atoms with Crippen LogP contribution in [0.4, 0.5) is 0 Å². The van der Waals surface area contributed by atoms with Gasteiger partial charge in [-0.25, -0.2) is 14.4 Å². The summed E-state index contributed by atoms with van der Waals surface area (Å²) in [6, 6.07) is 13.9. The molecule has 178 valence electrons. The van der Waals surface area contributed by atoms with Gasteiger partial charge in [0.15, 0.2) is 0 Å². The van der Waals surface area contributed by atoms with E-state index in [4.69, 9.17) is 14.2 Å². The minimum atomic E-state index is -0.694. The molecule has 7 nitrogen and oxygen atoms in total. The summed E-state index contributed by atoms with van der Waals surface area (Å²) in [5, 5.41) is 3.11. The summed E-state index contributed by atoms with van der Waals surface area (Å²) in [7, 11) is 0.